The van der Waals surface area contributed by atoms with Crippen LogP contribution >= 0.6 is 11.3 Å². The van der Waals surface area contributed by atoms with E-state index in [4.69, 9.17) is 5.73 Å². The maximum atomic E-state index is 10.4. The monoisotopic (exact) mass is 226 g/mol. The summed E-state index contributed by atoms with van der Waals surface area (Å²) in [5, 5.41) is 22.6. The average Bonchev–Trinajstić information content (AvgIpc) is 2.76. The Morgan fingerprint density at radius 3 is 2.93 bits per heavy atom. The zero-order valence-corrected chi connectivity index (χ0v) is 8.22. The Hall–Kier alpha value is -2.03. The Morgan fingerprint density at radius 1 is 1.60 bits per heavy atom. The molecule has 0 bridgehead atoms. The second kappa shape index (κ2) is 3.61. The Bertz CT molecular complexity index is 491. The fraction of sp³-hybridized carbons (Fsp3) is 0.167. The molecule has 0 aliphatic carbocycles. The minimum Gasteiger partial charge on any atom is -0.374 e. The van der Waals surface area contributed by atoms with Gasteiger partial charge in [-0.25, -0.2) is 0 Å². The second-order valence-corrected chi connectivity index (χ2v) is 3.78. The minimum absolute atomic E-state index is 0.0486. The van der Waals surface area contributed by atoms with Gasteiger partial charge in [0.1, 0.15) is 17.4 Å². The van der Waals surface area contributed by atoms with Gasteiger partial charge in [-0.1, -0.05) is 11.3 Å². The summed E-state index contributed by atoms with van der Waals surface area (Å²) in [4.78, 5) is 9.88. The first-order valence-electron chi connectivity index (χ1n) is 3.90. The Morgan fingerprint density at radius 2 is 2.40 bits per heavy atom. The van der Waals surface area contributed by atoms with Crippen molar-refractivity contribution in [1.82, 2.24) is 20.0 Å². The molecule has 2 heterocycles. The maximum absolute atomic E-state index is 10.4. The zero-order valence-electron chi connectivity index (χ0n) is 7.40. The summed E-state index contributed by atoms with van der Waals surface area (Å²) in [5.74, 6) is 0. The smallest absolute Gasteiger partial charge is 0.307 e. The van der Waals surface area contributed by atoms with Crippen LogP contribution in [0.2, 0.25) is 0 Å². The Kier molecular flexibility index (Phi) is 2.29. The predicted octanol–water partition coefficient (Wildman–Crippen LogP) is 0.273. The lowest BCUT2D eigenvalue weighted by Crippen LogP contribution is -1.99. The average molecular weight is 226 g/mol. The third-order valence-corrected chi connectivity index (χ3v) is 2.35. The van der Waals surface area contributed by atoms with Crippen LogP contribution < -0.4 is 5.73 Å². The number of hydrogen-bond donors (Lipinski definition) is 1. The molecule has 0 radical (unpaired) electrons. The molecule has 8 nitrogen and oxygen atoms in total. The van der Waals surface area contributed by atoms with Crippen LogP contribution in [0.15, 0.2) is 12.4 Å². The number of aromatic nitrogens is 4. The molecule has 0 saturated carbocycles. The van der Waals surface area contributed by atoms with Gasteiger partial charge < -0.3 is 5.73 Å². The molecule has 0 aliphatic heterocycles. The van der Waals surface area contributed by atoms with E-state index in [1.54, 1.807) is 0 Å². The molecule has 0 atom stereocenters. The van der Waals surface area contributed by atoms with E-state index in [9.17, 15) is 10.1 Å². The van der Waals surface area contributed by atoms with Crippen molar-refractivity contribution in [2.75, 3.05) is 5.73 Å². The van der Waals surface area contributed by atoms with Crippen molar-refractivity contribution >= 4 is 22.2 Å². The van der Waals surface area contributed by atoms with E-state index in [1.807, 2.05) is 0 Å². The van der Waals surface area contributed by atoms with Gasteiger partial charge in [0, 0.05) is 0 Å². The lowest BCUT2D eigenvalue weighted by atomic mass is 10.6. The van der Waals surface area contributed by atoms with Crippen molar-refractivity contribution < 1.29 is 4.92 Å². The molecule has 2 N–H and O–H groups in total. The van der Waals surface area contributed by atoms with Crippen molar-refractivity contribution in [3.05, 3.63) is 27.5 Å². The van der Waals surface area contributed by atoms with Crippen LogP contribution in [0, 0.1) is 10.1 Å². The highest BCUT2D eigenvalue weighted by Crippen LogP contribution is 2.14. The van der Waals surface area contributed by atoms with E-state index in [2.05, 4.69) is 15.3 Å². The molecule has 0 fully saturated rings. The molecular formula is C6H6N6O2S. The lowest BCUT2D eigenvalue weighted by molar-refractivity contribution is -0.385. The molecule has 2 aromatic heterocycles. The van der Waals surface area contributed by atoms with Crippen LogP contribution in [-0.4, -0.2) is 24.9 Å². The number of nitrogens with zero attached hydrogens (tertiary/aromatic N) is 5. The third-order valence-electron chi connectivity index (χ3n) is 1.61. The van der Waals surface area contributed by atoms with Crippen molar-refractivity contribution in [1.29, 1.82) is 0 Å². The zero-order chi connectivity index (χ0) is 10.8. The first-order valence-corrected chi connectivity index (χ1v) is 4.71. The van der Waals surface area contributed by atoms with E-state index < -0.39 is 4.92 Å². The quantitative estimate of drug-likeness (QED) is 0.593. The van der Waals surface area contributed by atoms with Crippen molar-refractivity contribution in [2.45, 2.75) is 6.54 Å². The van der Waals surface area contributed by atoms with Gasteiger partial charge in [0.05, 0.1) is 11.5 Å². The van der Waals surface area contributed by atoms with Gasteiger partial charge >= 0.3 is 5.69 Å². The second-order valence-electron chi connectivity index (χ2n) is 2.69. The van der Waals surface area contributed by atoms with Gasteiger partial charge in [-0.15, -0.1) is 10.2 Å². The molecule has 15 heavy (non-hydrogen) atoms. The van der Waals surface area contributed by atoms with Gasteiger partial charge in [0.15, 0.2) is 0 Å². The first kappa shape index (κ1) is 9.52. The van der Waals surface area contributed by atoms with Gasteiger partial charge in [0.25, 0.3) is 0 Å². The fourth-order valence-corrected chi connectivity index (χ4v) is 1.60. The maximum Gasteiger partial charge on any atom is 0.307 e. The van der Waals surface area contributed by atoms with Crippen LogP contribution in [0.1, 0.15) is 5.01 Å². The molecule has 0 spiro atoms. The van der Waals surface area contributed by atoms with Crippen molar-refractivity contribution in [2.24, 2.45) is 0 Å². The summed E-state index contributed by atoms with van der Waals surface area (Å²) in [5.41, 5.74) is 5.34. The Balaban J connectivity index is 2.14. The highest BCUT2D eigenvalue weighted by molar-refractivity contribution is 7.15. The molecule has 0 unspecified atom stereocenters. The first-order chi connectivity index (χ1) is 7.15. The van der Waals surface area contributed by atoms with E-state index >= 15 is 0 Å². The van der Waals surface area contributed by atoms with Crippen LogP contribution in [0.5, 0.6) is 0 Å². The van der Waals surface area contributed by atoms with Crippen molar-refractivity contribution in [3.8, 4) is 0 Å². The molecule has 9 heteroatoms. The van der Waals surface area contributed by atoms with E-state index in [0.717, 1.165) is 0 Å². The topological polar surface area (TPSA) is 113 Å². The van der Waals surface area contributed by atoms with Crippen LogP contribution in [0.25, 0.3) is 0 Å². The molecule has 2 aromatic rings. The van der Waals surface area contributed by atoms with Crippen molar-refractivity contribution in [3.63, 3.8) is 0 Å². The molecule has 0 saturated heterocycles. The summed E-state index contributed by atoms with van der Waals surface area (Å²) >= 11 is 1.23. The standard InChI is InChI=1S/C6H6N6O2S/c7-6-10-9-5(15-6)3-11-2-4(1-8-11)12(13)14/h1-2H,3H2,(H2,7,10). The fourth-order valence-electron chi connectivity index (χ4n) is 1.00. The molecule has 0 aliphatic rings. The number of nitro groups is 1. The molecule has 0 amide bonds. The SMILES string of the molecule is Nc1nnc(Cn2cc([N+](=O)[O-])cn2)s1. The normalized spacial score (nSPS) is 10.4. The summed E-state index contributed by atoms with van der Waals surface area (Å²) < 4.78 is 1.41. The third kappa shape index (κ3) is 2.07. The van der Waals surface area contributed by atoms with Gasteiger partial charge in [-0.2, -0.15) is 5.10 Å². The highest BCUT2D eigenvalue weighted by atomic mass is 32.1. The number of anilines is 1. The summed E-state index contributed by atoms with van der Waals surface area (Å²) in [7, 11) is 0. The predicted molar refractivity (Wildman–Crippen MR) is 52.3 cm³/mol. The number of nitrogens with two attached hydrogens (primary N) is 1. The largest absolute Gasteiger partial charge is 0.374 e. The van der Waals surface area contributed by atoms with Crippen LogP contribution in [0.3, 0.4) is 0 Å². The van der Waals surface area contributed by atoms with Gasteiger partial charge in [0.2, 0.25) is 5.13 Å². The van der Waals surface area contributed by atoms with E-state index in [0.29, 0.717) is 16.7 Å². The van der Waals surface area contributed by atoms with Crippen LogP contribution in [-0.2, 0) is 6.54 Å². The van der Waals surface area contributed by atoms with E-state index in [-0.39, 0.29) is 5.69 Å². The molecule has 78 valence electrons. The highest BCUT2D eigenvalue weighted by Gasteiger charge is 2.10. The summed E-state index contributed by atoms with van der Waals surface area (Å²) in [6, 6.07) is 0. The summed E-state index contributed by atoms with van der Waals surface area (Å²) in [6.45, 7) is 0.336. The summed E-state index contributed by atoms with van der Waals surface area (Å²) in [6.07, 6.45) is 2.52. The van der Waals surface area contributed by atoms with Gasteiger partial charge in [-0.05, 0) is 0 Å². The Labute approximate surface area is 87.5 Å². The molecule has 0 aromatic carbocycles. The number of hydrogen-bond acceptors (Lipinski definition) is 7. The number of rotatable bonds is 3. The minimum atomic E-state index is -0.502. The van der Waals surface area contributed by atoms with Gasteiger partial charge in [-0.3, -0.25) is 14.8 Å². The van der Waals surface area contributed by atoms with Crippen LogP contribution in [0.4, 0.5) is 10.8 Å². The number of nitrogen functional groups attached to an aromatic ring is 1. The molecule has 2 rings (SSSR count). The lowest BCUT2D eigenvalue weighted by Gasteiger charge is -1.93. The molecular weight excluding hydrogens is 220 g/mol. The van der Waals surface area contributed by atoms with E-state index in [1.165, 1.54) is 28.4 Å².